The average Bonchev–Trinajstić information content (AvgIpc) is 2.53. The number of hydrogen-bond acceptors (Lipinski definition) is 2. The van der Waals surface area contributed by atoms with Gasteiger partial charge in [0.05, 0.1) is 0 Å². The summed E-state index contributed by atoms with van der Waals surface area (Å²) in [7, 11) is 0. The molecule has 0 aromatic carbocycles. The summed E-state index contributed by atoms with van der Waals surface area (Å²) < 4.78 is 0. The Balaban J connectivity index is 2.19. The molecule has 0 aliphatic heterocycles. The molecule has 2 rings (SSSR count). The SMILES string of the molecule is NC1CCCC1c1ccncc1. The number of pyridine rings is 1. The molecule has 2 unspecified atom stereocenters. The van der Waals surface area contributed by atoms with Crippen molar-refractivity contribution in [1.82, 2.24) is 4.98 Å². The van der Waals surface area contributed by atoms with Gasteiger partial charge in [-0.05, 0) is 36.5 Å². The third-order valence-electron chi connectivity index (χ3n) is 2.70. The molecule has 0 saturated heterocycles. The molecule has 1 fully saturated rings. The van der Waals surface area contributed by atoms with Gasteiger partial charge >= 0.3 is 0 Å². The average molecular weight is 162 g/mol. The van der Waals surface area contributed by atoms with E-state index in [1.54, 1.807) is 0 Å². The second-order valence-electron chi connectivity index (χ2n) is 3.48. The van der Waals surface area contributed by atoms with Crippen molar-refractivity contribution in [3.8, 4) is 0 Å². The third-order valence-corrected chi connectivity index (χ3v) is 2.70. The van der Waals surface area contributed by atoms with Gasteiger partial charge < -0.3 is 5.73 Å². The Hall–Kier alpha value is -0.890. The molecule has 0 spiro atoms. The zero-order valence-corrected chi connectivity index (χ0v) is 7.11. The minimum atomic E-state index is 0.368. The van der Waals surface area contributed by atoms with Gasteiger partial charge in [0, 0.05) is 18.4 Å². The highest BCUT2D eigenvalue weighted by atomic mass is 14.7. The Bertz CT molecular complexity index is 245. The smallest absolute Gasteiger partial charge is 0.0270 e. The molecule has 1 saturated carbocycles. The highest BCUT2D eigenvalue weighted by Crippen LogP contribution is 2.32. The first-order valence-electron chi connectivity index (χ1n) is 4.53. The van der Waals surface area contributed by atoms with Crippen LogP contribution in [0.2, 0.25) is 0 Å². The van der Waals surface area contributed by atoms with Crippen molar-refractivity contribution in [3.05, 3.63) is 30.1 Å². The van der Waals surface area contributed by atoms with Crippen LogP contribution in [0.1, 0.15) is 30.7 Å². The maximum Gasteiger partial charge on any atom is 0.0270 e. The lowest BCUT2D eigenvalue weighted by Gasteiger charge is -2.14. The first-order chi connectivity index (χ1) is 5.88. The van der Waals surface area contributed by atoms with Crippen molar-refractivity contribution < 1.29 is 0 Å². The number of aromatic nitrogens is 1. The van der Waals surface area contributed by atoms with Crippen LogP contribution in [0.3, 0.4) is 0 Å². The van der Waals surface area contributed by atoms with E-state index in [1.165, 1.54) is 24.8 Å². The third kappa shape index (κ3) is 1.34. The van der Waals surface area contributed by atoms with Crippen molar-refractivity contribution in [1.29, 1.82) is 0 Å². The van der Waals surface area contributed by atoms with Crippen LogP contribution in [0.5, 0.6) is 0 Å². The Morgan fingerprint density at radius 1 is 1.25 bits per heavy atom. The first kappa shape index (κ1) is 7.74. The number of nitrogens with zero attached hydrogens (tertiary/aromatic N) is 1. The zero-order chi connectivity index (χ0) is 8.39. The van der Waals surface area contributed by atoms with Crippen LogP contribution >= 0.6 is 0 Å². The first-order valence-corrected chi connectivity index (χ1v) is 4.53. The summed E-state index contributed by atoms with van der Waals surface area (Å²) >= 11 is 0. The lowest BCUT2D eigenvalue weighted by atomic mass is 9.96. The van der Waals surface area contributed by atoms with Crippen molar-refractivity contribution >= 4 is 0 Å². The van der Waals surface area contributed by atoms with Gasteiger partial charge in [-0.25, -0.2) is 0 Å². The van der Waals surface area contributed by atoms with Gasteiger partial charge in [0.25, 0.3) is 0 Å². The molecule has 0 bridgehead atoms. The van der Waals surface area contributed by atoms with Gasteiger partial charge in [0.2, 0.25) is 0 Å². The van der Waals surface area contributed by atoms with E-state index >= 15 is 0 Å². The Kier molecular flexibility index (Phi) is 2.09. The maximum atomic E-state index is 5.99. The van der Waals surface area contributed by atoms with E-state index in [1.807, 2.05) is 12.4 Å². The largest absolute Gasteiger partial charge is 0.327 e. The standard InChI is InChI=1S/C10H14N2/c11-10-3-1-2-9(10)8-4-6-12-7-5-8/h4-7,9-10H,1-3,11H2. The van der Waals surface area contributed by atoms with Gasteiger partial charge in [0.1, 0.15) is 0 Å². The summed E-state index contributed by atoms with van der Waals surface area (Å²) in [5, 5.41) is 0. The maximum absolute atomic E-state index is 5.99. The summed E-state index contributed by atoms with van der Waals surface area (Å²) in [6.45, 7) is 0. The van der Waals surface area contributed by atoms with E-state index in [4.69, 9.17) is 5.73 Å². The van der Waals surface area contributed by atoms with Gasteiger partial charge in [0.15, 0.2) is 0 Å². The summed E-state index contributed by atoms with van der Waals surface area (Å²) in [6, 6.07) is 4.53. The van der Waals surface area contributed by atoms with Crippen LogP contribution in [0.15, 0.2) is 24.5 Å². The van der Waals surface area contributed by atoms with Crippen LogP contribution in [0.25, 0.3) is 0 Å². The van der Waals surface area contributed by atoms with Crippen molar-refractivity contribution in [2.45, 2.75) is 31.2 Å². The Morgan fingerprint density at radius 3 is 2.58 bits per heavy atom. The highest BCUT2D eigenvalue weighted by Gasteiger charge is 2.24. The molecule has 2 atom stereocenters. The highest BCUT2D eigenvalue weighted by molar-refractivity contribution is 5.19. The molecule has 1 heterocycles. The van der Waals surface area contributed by atoms with Crippen molar-refractivity contribution in [2.75, 3.05) is 0 Å². The molecule has 2 heteroatoms. The van der Waals surface area contributed by atoms with Crippen LogP contribution in [0, 0.1) is 0 Å². The lowest BCUT2D eigenvalue weighted by Crippen LogP contribution is -2.22. The predicted octanol–water partition coefficient (Wildman–Crippen LogP) is 1.68. The molecular formula is C10H14N2. The van der Waals surface area contributed by atoms with Crippen molar-refractivity contribution in [3.63, 3.8) is 0 Å². The molecule has 0 radical (unpaired) electrons. The topological polar surface area (TPSA) is 38.9 Å². The van der Waals surface area contributed by atoms with Gasteiger partial charge in [-0.1, -0.05) is 6.42 Å². The van der Waals surface area contributed by atoms with Crippen molar-refractivity contribution in [2.24, 2.45) is 5.73 Å². The predicted molar refractivity (Wildman–Crippen MR) is 48.8 cm³/mol. The van der Waals surface area contributed by atoms with E-state index in [9.17, 15) is 0 Å². The summed E-state index contributed by atoms with van der Waals surface area (Å²) in [4.78, 5) is 4.00. The molecule has 1 aromatic rings. The lowest BCUT2D eigenvalue weighted by molar-refractivity contribution is 0.612. The quantitative estimate of drug-likeness (QED) is 0.682. The molecule has 1 aromatic heterocycles. The monoisotopic (exact) mass is 162 g/mol. The Labute approximate surface area is 72.8 Å². The van der Waals surface area contributed by atoms with Gasteiger partial charge in [-0.15, -0.1) is 0 Å². The minimum absolute atomic E-state index is 0.368. The zero-order valence-electron chi connectivity index (χ0n) is 7.11. The molecule has 12 heavy (non-hydrogen) atoms. The van der Waals surface area contributed by atoms with E-state index in [0.717, 1.165) is 0 Å². The normalized spacial score (nSPS) is 29.1. The Morgan fingerprint density at radius 2 is 2.00 bits per heavy atom. The molecular weight excluding hydrogens is 148 g/mol. The molecule has 0 amide bonds. The minimum Gasteiger partial charge on any atom is -0.327 e. The molecule has 1 aliphatic rings. The van der Waals surface area contributed by atoms with Gasteiger partial charge in [-0.2, -0.15) is 0 Å². The number of rotatable bonds is 1. The van der Waals surface area contributed by atoms with Crippen LogP contribution in [-0.4, -0.2) is 11.0 Å². The fraction of sp³-hybridized carbons (Fsp3) is 0.500. The molecule has 64 valence electrons. The number of hydrogen-bond donors (Lipinski definition) is 1. The van der Waals surface area contributed by atoms with E-state index in [0.29, 0.717) is 12.0 Å². The summed E-state index contributed by atoms with van der Waals surface area (Å²) in [5.74, 6) is 0.577. The van der Waals surface area contributed by atoms with Crippen LogP contribution < -0.4 is 5.73 Å². The second-order valence-corrected chi connectivity index (χ2v) is 3.48. The summed E-state index contributed by atoms with van der Waals surface area (Å²) in [6.07, 6.45) is 7.38. The number of nitrogens with two attached hydrogens (primary N) is 1. The molecule has 2 N–H and O–H groups in total. The van der Waals surface area contributed by atoms with Gasteiger partial charge in [-0.3, -0.25) is 4.98 Å². The van der Waals surface area contributed by atoms with E-state index in [-0.39, 0.29) is 0 Å². The molecule has 2 nitrogen and oxygen atoms in total. The van der Waals surface area contributed by atoms with E-state index < -0.39 is 0 Å². The van der Waals surface area contributed by atoms with E-state index in [2.05, 4.69) is 17.1 Å². The van der Waals surface area contributed by atoms with Crippen LogP contribution in [-0.2, 0) is 0 Å². The molecule has 1 aliphatic carbocycles. The summed E-state index contributed by atoms with van der Waals surface area (Å²) in [5.41, 5.74) is 7.35. The fourth-order valence-corrected chi connectivity index (χ4v) is 2.01. The van der Waals surface area contributed by atoms with Crippen LogP contribution in [0.4, 0.5) is 0 Å². The fourth-order valence-electron chi connectivity index (χ4n) is 2.01. The second kappa shape index (κ2) is 3.23.